The van der Waals surface area contributed by atoms with Crippen LogP contribution < -0.4 is 15.4 Å². The second-order valence-electron chi connectivity index (χ2n) is 18.8. The van der Waals surface area contributed by atoms with Crippen LogP contribution in [-0.2, 0) is 25.7 Å². The molecule has 4 N–H and O–H groups in total. The number of hydrogen-bond donors (Lipinski definition) is 4. The predicted molar refractivity (Wildman–Crippen MR) is 247 cm³/mol. The highest BCUT2D eigenvalue weighted by molar-refractivity contribution is 6.07. The molecule has 4 amide bonds. The molecular formula is C50H62N8O7. The molecule has 3 aliphatic heterocycles. The number of aromatic nitrogens is 4. The average molecular weight is 887 g/mol. The highest BCUT2D eigenvalue weighted by Gasteiger charge is 2.44. The molecule has 5 aromatic rings. The van der Waals surface area contributed by atoms with E-state index in [0.29, 0.717) is 12.5 Å². The van der Waals surface area contributed by atoms with Gasteiger partial charge in [0, 0.05) is 34.5 Å². The number of benzene rings is 3. The minimum atomic E-state index is -0.712. The van der Waals surface area contributed by atoms with E-state index in [-0.39, 0.29) is 47.8 Å². The molecule has 65 heavy (non-hydrogen) atoms. The van der Waals surface area contributed by atoms with Crippen molar-refractivity contribution in [1.29, 1.82) is 0 Å². The summed E-state index contributed by atoms with van der Waals surface area (Å²) in [6, 6.07) is 13.0. The molecule has 2 saturated heterocycles. The molecule has 3 fully saturated rings. The van der Waals surface area contributed by atoms with Crippen LogP contribution in [0, 0.1) is 11.8 Å². The molecule has 3 aromatic carbocycles. The zero-order chi connectivity index (χ0) is 45.8. The van der Waals surface area contributed by atoms with Gasteiger partial charge in [0.1, 0.15) is 36.1 Å². The van der Waals surface area contributed by atoms with Crippen molar-refractivity contribution in [2.24, 2.45) is 11.8 Å². The second kappa shape index (κ2) is 17.7. The number of methoxy groups -OCH3 is 2. The van der Waals surface area contributed by atoms with Crippen LogP contribution in [0.5, 0.6) is 5.75 Å². The Kier molecular flexibility index (Phi) is 12.0. The number of rotatable bonds is 12. The van der Waals surface area contributed by atoms with Gasteiger partial charge in [-0.2, -0.15) is 0 Å². The van der Waals surface area contributed by atoms with Gasteiger partial charge < -0.3 is 44.6 Å². The van der Waals surface area contributed by atoms with Gasteiger partial charge in [-0.15, -0.1) is 0 Å². The van der Waals surface area contributed by atoms with Gasteiger partial charge in [-0.1, -0.05) is 58.7 Å². The molecule has 1 aliphatic carbocycles. The number of nitrogens with one attached hydrogen (secondary N) is 4. The van der Waals surface area contributed by atoms with E-state index in [1.54, 1.807) is 0 Å². The summed E-state index contributed by atoms with van der Waals surface area (Å²) in [7, 11) is 2.63. The number of ether oxygens (including phenoxy) is 3. The predicted octanol–water partition coefficient (Wildman–Crippen LogP) is 9.19. The van der Waals surface area contributed by atoms with Gasteiger partial charge in [0.25, 0.3) is 0 Å². The molecule has 15 nitrogen and oxygen atoms in total. The van der Waals surface area contributed by atoms with Crippen molar-refractivity contribution in [2.75, 3.05) is 14.2 Å². The van der Waals surface area contributed by atoms with Gasteiger partial charge in [0.2, 0.25) is 11.8 Å². The van der Waals surface area contributed by atoms with Crippen LogP contribution in [0.2, 0.25) is 0 Å². The summed E-state index contributed by atoms with van der Waals surface area (Å²) in [6.07, 6.45) is 5.55. The number of fused-ring (bicyclic) bond motifs is 6. The van der Waals surface area contributed by atoms with E-state index in [9.17, 15) is 19.2 Å². The molecule has 0 radical (unpaired) electrons. The molecule has 2 aromatic heterocycles. The van der Waals surface area contributed by atoms with E-state index in [0.717, 1.165) is 124 Å². The summed E-state index contributed by atoms with van der Waals surface area (Å²) in [4.78, 5) is 74.5. The normalized spacial score (nSPS) is 22.2. The van der Waals surface area contributed by atoms with Crippen molar-refractivity contribution >= 4 is 45.8 Å². The van der Waals surface area contributed by atoms with E-state index >= 15 is 0 Å². The molecule has 0 unspecified atom stereocenters. The summed E-state index contributed by atoms with van der Waals surface area (Å²) in [5.74, 6) is 2.26. The largest absolute Gasteiger partial charge is 0.488 e. The molecule has 4 aliphatic rings. The maximum Gasteiger partial charge on any atom is 0.407 e. The van der Waals surface area contributed by atoms with Gasteiger partial charge >= 0.3 is 12.2 Å². The summed E-state index contributed by atoms with van der Waals surface area (Å²) in [6.45, 7) is 12.5. The van der Waals surface area contributed by atoms with Crippen molar-refractivity contribution in [3.63, 3.8) is 0 Å². The molecule has 5 heterocycles. The molecule has 1 saturated carbocycles. The number of likely N-dealkylation sites (tertiary alicyclic amines) is 2. The van der Waals surface area contributed by atoms with Crippen LogP contribution in [0.1, 0.15) is 134 Å². The molecule has 0 bridgehead atoms. The summed E-state index contributed by atoms with van der Waals surface area (Å²) >= 11 is 0. The van der Waals surface area contributed by atoms with Crippen molar-refractivity contribution in [1.82, 2.24) is 40.4 Å². The van der Waals surface area contributed by atoms with Crippen LogP contribution in [-0.4, -0.2) is 92.1 Å². The third-order valence-corrected chi connectivity index (χ3v) is 14.7. The first-order valence-electron chi connectivity index (χ1n) is 23.5. The third kappa shape index (κ3) is 8.05. The van der Waals surface area contributed by atoms with Gasteiger partial charge in [0.05, 0.1) is 48.7 Å². The fourth-order valence-corrected chi connectivity index (χ4v) is 10.4. The first-order chi connectivity index (χ1) is 31.3. The maximum atomic E-state index is 14.3. The van der Waals surface area contributed by atoms with Crippen molar-refractivity contribution in [2.45, 2.75) is 142 Å². The smallest absolute Gasteiger partial charge is 0.407 e. The van der Waals surface area contributed by atoms with Crippen LogP contribution in [0.15, 0.2) is 42.5 Å². The summed E-state index contributed by atoms with van der Waals surface area (Å²) < 4.78 is 16.3. The molecule has 8 atom stereocenters. The number of H-pyrrole nitrogens is 2. The number of carbonyl (C=O) groups is 4. The van der Waals surface area contributed by atoms with E-state index in [2.05, 4.69) is 70.8 Å². The van der Waals surface area contributed by atoms with E-state index in [1.807, 2.05) is 43.6 Å². The van der Waals surface area contributed by atoms with E-state index in [4.69, 9.17) is 24.2 Å². The molecule has 9 rings (SSSR count). The van der Waals surface area contributed by atoms with Crippen LogP contribution in [0.4, 0.5) is 9.59 Å². The monoisotopic (exact) mass is 886 g/mol. The fraction of sp³-hybridized carbons (Fsp3) is 0.520. The minimum Gasteiger partial charge on any atom is -0.488 e. The van der Waals surface area contributed by atoms with Gasteiger partial charge in [0.15, 0.2) is 0 Å². The Bertz CT molecular complexity index is 2650. The van der Waals surface area contributed by atoms with E-state index < -0.39 is 24.3 Å². The van der Waals surface area contributed by atoms with Crippen LogP contribution in [0.25, 0.3) is 44.2 Å². The Morgan fingerprint density at radius 3 is 1.92 bits per heavy atom. The molecule has 0 spiro atoms. The number of carbonyl (C=O) groups excluding carboxylic acids is 4. The Morgan fingerprint density at radius 2 is 1.35 bits per heavy atom. The SMILES string of the molecule is CC[C@@H](C)[C@H](NC(=O)OC)C(=O)N1[C@@H](C)CC[C@H]1c1nc(C2CC2)c(-c2ccc3c(c2)COc2cc4c(ccc5nc([C@@H]6CC[C@H](C)N6C(=O)[C@@H](NC(=O)OC)[C@H](C)CC)[nH]c54)cc2-3)[nH]1. The topological polar surface area (TPSA) is 184 Å². The molecule has 15 heteroatoms. The molecule has 344 valence electrons. The number of nitrogens with zero attached hydrogens (tertiary/aromatic N) is 4. The lowest BCUT2D eigenvalue weighted by Crippen LogP contribution is -2.53. The van der Waals surface area contributed by atoms with Gasteiger partial charge in [-0.05, 0) is 105 Å². The Labute approximate surface area is 379 Å². The lowest BCUT2D eigenvalue weighted by molar-refractivity contribution is -0.138. The number of amides is 4. The van der Waals surface area contributed by atoms with Crippen molar-refractivity contribution in [3.05, 3.63) is 65.4 Å². The first kappa shape index (κ1) is 44.1. The Hall–Kier alpha value is -6.12. The maximum absolute atomic E-state index is 14.3. The highest BCUT2D eigenvalue weighted by atomic mass is 16.5. The standard InChI is InChI=1S/C50H62N8O7/c1-9-25(3)40(55-49(61)63-7)47(59)57-27(5)11-19-37(57)45-51-36-18-16-30-22-35-33-17-15-31(21-32(33)24-65-39(35)23-34(30)44(36)54-45)43-42(29-13-14-29)52-46(53-43)38-20-12-28(6)58(38)48(60)41(26(4)10-2)56-50(62)64-8/h15-18,21-23,25-29,37-38,40-41H,9-14,19-20,24H2,1-8H3,(H,51,54)(H,52,53)(H,55,61)(H,56,62)/t25-,26-,27+,28+,37+,38+,40+,41+/m1/s1. The van der Waals surface area contributed by atoms with Gasteiger partial charge in [-0.25, -0.2) is 19.6 Å². The zero-order valence-corrected chi connectivity index (χ0v) is 38.7. The van der Waals surface area contributed by atoms with Crippen LogP contribution >= 0.6 is 0 Å². The summed E-state index contributed by atoms with van der Waals surface area (Å²) in [5.41, 5.74) is 7.94. The number of hydrogen-bond acceptors (Lipinski definition) is 9. The quantitative estimate of drug-likeness (QED) is 0.0949. The van der Waals surface area contributed by atoms with Crippen molar-refractivity contribution < 1.29 is 33.4 Å². The van der Waals surface area contributed by atoms with E-state index in [1.165, 1.54) is 14.2 Å². The fourth-order valence-electron chi connectivity index (χ4n) is 10.4. The lowest BCUT2D eigenvalue weighted by atomic mass is 9.92. The highest BCUT2D eigenvalue weighted by Crippen LogP contribution is 2.48. The lowest BCUT2D eigenvalue weighted by Gasteiger charge is -2.33. The van der Waals surface area contributed by atoms with Gasteiger partial charge in [-0.3, -0.25) is 9.59 Å². The number of imidazole rings is 2. The summed E-state index contributed by atoms with van der Waals surface area (Å²) in [5, 5.41) is 7.64. The second-order valence-corrected chi connectivity index (χ2v) is 18.8. The Balaban J connectivity index is 1.00. The first-order valence-corrected chi connectivity index (χ1v) is 23.5. The zero-order valence-electron chi connectivity index (χ0n) is 38.7. The molecular weight excluding hydrogens is 825 g/mol. The van der Waals surface area contributed by atoms with Crippen molar-refractivity contribution in [3.8, 4) is 28.1 Å². The van der Waals surface area contributed by atoms with Crippen LogP contribution in [0.3, 0.4) is 0 Å². The number of aromatic amines is 2. The third-order valence-electron chi connectivity index (χ3n) is 14.7. The Morgan fingerprint density at radius 1 is 0.754 bits per heavy atom. The number of alkyl carbamates (subject to hydrolysis) is 2. The average Bonchev–Trinajstić information content (AvgIpc) is 3.58. The minimum absolute atomic E-state index is 0.0114.